The van der Waals surface area contributed by atoms with Crippen LogP contribution in [0, 0.1) is 0 Å². The fraction of sp³-hybridized carbons (Fsp3) is 0.0588. The lowest BCUT2D eigenvalue weighted by Crippen LogP contribution is -2.14. The molecule has 0 saturated carbocycles. The minimum Gasteiger partial charge on any atom is -0.228 e. The highest BCUT2D eigenvalue weighted by atomic mass is 32.1. The van der Waals surface area contributed by atoms with Crippen molar-refractivity contribution in [2.45, 2.75) is 19.3 Å². The Bertz CT molecular complexity index is 3130. The van der Waals surface area contributed by atoms with E-state index in [-0.39, 0.29) is 5.41 Å². The van der Waals surface area contributed by atoms with Gasteiger partial charge in [0.15, 0.2) is 5.82 Å². The first-order valence-corrected chi connectivity index (χ1v) is 19.4. The lowest BCUT2D eigenvalue weighted by Gasteiger charge is -2.22. The molecule has 0 amide bonds. The van der Waals surface area contributed by atoms with E-state index in [0.29, 0.717) is 0 Å². The third kappa shape index (κ3) is 4.79. The van der Waals surface area contributed by atoms with Gasteiger partial charge in [0.1, 0.15) is 0 Å². The van der Waals surface area contributed by atoms with Crippen molar-refractivity contribution in [1.29, 1.82) is 0 Å². The first-order chi connectivity index (χ1) is 26.5. The molecule has 254 valence electrons. The molecule has 0 unspecified atom stereocenters. The zero-order valence-electron chi connectivity index (χ0n) is 30.0. The molecule has 0 aliphatic heterocycles. The van der Waals surface area contributed by atoms with Gasteiger partial charge in [-0.25, -0.2) is 9.97 Å². The van der Waals surface area contributed by atoms with Gasteiger partial charge in [0, 0.05) is 42.3 Å². The summed E-state index contributed by atoms with van der Waals surface area (Å²) in [7, 11) is 0. The molecule has 11 rings (SSSR count). The Morgan fingerprint density at radius 2 is 1.02 bits per heavy atom. The van der Waals surface area contributed by atoms with E-state index < -0.39 is 0 Å². The summed E-state index contributed by atoms with van der Waals surface area (Å²) in [5.41, 5.74) is 12.8. The van der Waals surface area contributed by atoms with E-state index in [2.05, 4.69) is 178 Å². The van der Waals surface area contributed by atoms with E-state index in [1.54, 1.807) is 0 Å². The Labute approximate surface area is 318 Å². The zero-order valence-corrected chi connectivity index (χ0v) is 30.8. The van der Waals surface area contributed by atoms with Crippen molar-refractivity contribution < 1.29 is 0 Å². The van der Waals surface area contributed by atoms with Gasteiger partial charge in [0.25, 0.3) is 0 Å². The highest BCUT2D eigenvalue weighted by Crippen LogP contribution is 2.51. The Kier molecular flexibility index (Phi) is 6.80. The SMILES string of the molecule is CC1(C)c2ccc(-c3ccc(-c4cc(-c5ccc6sc7ccccc7c6c5)nc(-c5ccccc5)n4)c4ccccc34)cc2-c2cc3ccccc3cc21. The quantitative estimate of drug-likeness (QED) is 0.182. The second-order valence-corrected chi connectivity index (χ2v) is 16.1. The molecule has 2 nitrogen and oxygen atoms in total. The first-order valence-electron chi connectivity index (χ1n) is 18.6. The molecule has 54 heavy (non-hydrogen) atoms. The largest absolute Gasteiger partial charge is 0.228 e. The molecule has 0 N–H and O–H groups in total. The maximum absolute atomic E-state index is 5.26. The van der Waals surface area contributed by atoms with E-state index in [1.807, 2.05) is 17.4 Å². The number of nitrogens with zero attached hydrogens (tertiary/aromatic N) is 2. The van der Waals surface area contributed by atoms with Crippen LogP contribution < -0.4 is 0 Å². The smallest absolute Gasteiger partial charge is 0.160 e. The lowest BCUT2D eigenvalue weighted by molar-refractivity contribution is 0.661. The van der Waals surface area contributed by atoms with Crippen molar-refractivity contribution in [2.24, 2.45) is 0 Å². The first kappa shape index (κ1) is 31.1. The molecule has 10 aromatic rings. The van der Waals surface area contributed by atoms with Crippen molar-refractivity contribution >= 4 is 53.1 Å². The zero-order chi connectivity index (χ0) is 36.0. The molecular formula is C51H34N2S. The van der Waals surface area contributed by atoms with Gasteiger partial charge in [-0.3, -0.25) is 0 Å². The normalized spacial score (nSPS) is 13.1. The molecule has 0 saturated heterocycles. The van der Waals surface area contributed by atoms with E-state index in [0.717, 1.165) is 33.9 Å². The van der Waals surface area contributed by atoms with Crippen LogP contribution in [0.1, 0.15) is 25.0 Å². The molecule has 2 aromatic heterocycles. The number of benzene rings is 8. The van der Waals surface area contributed by atoms with Gasteiger partial charge in [0.05, 0.1) is 11.4 Å². The van der Waals surface area contributed by atoms with Gasteiger partial charge in [-0.15, -0.1) is 11.3 Å². The maximum atomic E-state index is 5.26. The Hall–Kier alpha value is -6.42. The number of thiophene rings is 1. The van der Waals surface area contributed by atoms with Crippen LogP contribution in [0.25, 0.3) is 97.9 Å². The van der Waals surface area contributed by atoms with Crippen LogP contribution in [0.5, 0.6) is 0 Å². The predicted molar refractivity (Wildman–Crippen MR) is 229 cm³/mol. The number of hydrogen-bond acceptors (Lipinski definition) is 3. The summed E-state index contributed by atoms with van der Waals surface area (Å²) in [6.45, 7) is 4.72. The Morgan fingerprint density at radius 1 is 0.389 bits per heavy atom. The van der Waals surface area contributed by atoms with E-state index in [1.165, 1.54) is 75.1 Å². The van der Waals surface area contributed by atoms with Crippen molar-refractivity contribution in [2.75, 3.05) is 0 Å². The van der Waals surface area contributed by atoms with Crippen molar-refractivity contribution in [3.8, 4) is 56.2 Å². The molecule has 1 aliphatic carbocycles. The van der Waals surface area contributed by atoms with Crippen LogP contribution in [0.3, 0.4) is 0 Å². The summed E-state index contributed by atoms with van der Waals surface area (Å²) in [6.07, 6.45) is 0. The van der Waals surface area contributed by atoms with Crippen LogP contribution in [0.15, 0.2) is 170 Å². The topological polar surface area (TPSA) is 25.8 Å². The van der Waals surface area contributed by atoms with Gasteiger partial charge in [-0.05, 0) is 97.4 Å². The molecular weight excluding hydrogens is 673 g/mol. The molecule has 0 radical (unpaired) electrons. The summed E-state index contributed by atoms with van der Waals surface area (Å²) in [5, 5.41) is 7.50. The molecule has 0 bridgehead atoms. The summed E-state index contributed by atoms with van der Waals surface area (Å²) in [5.74, 6) is 0.721. The van der Waals surface area contributed by atoms with Crippen LogP contribution in [-0.4, -0.2) is 9.97 Å². The second kappa shape index (κ2) is 11.8. The van der Waals surface area contributed by atoms with Crippen molar-refractivity contribution in [3.05, 3.63) is 181 Å². The van der Waals surface area contributed by atoms with Crippen LogP contribution in [-0.2, 0) is 5.41 Å². The van der Waals surface area contributed by atoms with E-state index in [4.69, 9.17) is 9.97 Å². The maximum Gasteiger partial charge on any atom is 0.160 e. The molecule has 0 spiro atoms. The number of aromatic nitrogens is 2. The van der Waals surface area contributed by atoms with Gasteiger partial charge < -0.3 is 0 Å². The summed E-state index contributed by atoms with van der Waals surface area (Å²) in [4.78, 5) is 10.4. The predicted octanol–water partition coefficient (Wildman–Crippen LogP) is 14.1. The Morgan fingerprint density at radius 3 is 1.85 bits per heavy atom. The third-order valence-corrected chi connectivity index (χ3v) is 12.6. The summed E-state index contributed by atoms with van der Waals surface area (Å²) < 4.78 is 2.58. The molecule has 8 aromatic carbocycles. The van der Waals surface area contributed by atoms with Crippen molar-refractivity contribution in [1.82, 2.24) is 9.97 Å². The van der Waals surface area contributed by atoms with Gasteiger partial charge in [-0.1, -0.05) is 141 Å². The van der Waals surface area contributed by atoms with Gasteiger partial charge in [-0.2, -0.15) is 0 Å². The Balaban J connectivity index is 1.08. The van der Waals surface area contributed by atoms with Crippen LogP contribution in [0.4, 0.5) is 0 Å². The van der Waals surface area contributed by atoms with E-state index >= 15 is 0 Å². The van der Waals surface area contributed by atoms with Crippen LogP contribution in [0.2, 0.25) is 0 Å². The molecule has 2 heterocycles. The number of fused-ring (bicyclic) bond motifs is 8. The van der Waals surface area contributed by atoms with Gasteiger partial charge in [0.2, 0.25) is 0 Å². The minimum atomic E-state index is -0.0681. The average molecular weight is 707 g/mol. The summed E-state index contributed by atoms with van der Waals surface area (Å²) in [6, 6.07) is 61.8. The fourth-order valence-corrected chi connectivity index (χ4v) is 9.80. The highest BCUT2D eigenvalue weighted by Gasteiger charge is 2.36. The highest BCUT2D eigenvalue weighted by molar-refractivity contribution is 7.25. The molecule has 3 heteroatoms. The molecule has 1 aliphatic rings. The third-order valence-electron chi connectivity index (χ3n) is 11.5. The average Bonchev–Trinajstić information content (AvgIpc) is 3.70. The van der Waals surface area contributed by atoms with Crippen LogP contribution >= 0.6 is 11.3 Å². The fourth-order valence-electron chi connectivity index (χ4n) is 8.71. The van der Waals surface area contributed by atoms with E-state index in [9.17, 15) is 0 Å². The van der Waals surface area contributed by atoms with Crippen molar-refractivity contribution in [3.63, 3.8) is 0 Å². The van der Waals surface area contributed by atoms with Gasteiger partial charge >= 0.3 is 0 Å². The number of hydrogen-bond donors (Lipinski definition) is 0. The standard InChI is InChI=1S/C51H34N2S/c1-51(2)44-24-20-34(27-41(44)42-26-32-14-6-7-15-33(32)29-45(42)51)36-22-23-39(38-17-9-8-16-37(36)38)47-30-46(52-50(53-47)31-12-4-3-5-13-31)35-21-25-49-43(28-35)40-18-10-11-19-48(40)54-49/h3-30H,1-2H3. The molecule has 0 atom stereocenters. The number of rotatable bonds is 4. The molecule has 0 fully saturated rings. The lowest BCUT2D eigenvalue weighted by atomic mass is 9.81. The monoisotopic (exact) mass is 706 g/mol. The summed E-state index contributed by atoms with van der Waals surface area (Å²) >= 11 is 1.84. The second-order valence-electron chi connectivity index (χ2n) is 15.0. The minimum absolute atomic E-state index is 0.0681.